The molecule has 8 heteroatoms. The zero-order valence-electron chi connectivity index (χ0n) is 18.6. The van der Waals surface area contributed by atoms with Gasteiger partial charge >= 0.3 is 0 Å². The molecule has 0 radical (unpaired) electrons. The van der Waals surface area contributed by atoms with Crippen LogP contribution in [0.5, 0.6) is 5.75 Å². The number of likely N-dealkylation sites (tertiary alicyclic amines) is 1. The number of hydrogen-bond acceptors (Lipinski definition) is 6. The molecular formula is C26H24N4O4. The van der Waals surface area contributed by atoms with E-state index in [1.54, 1.807) is 24.4 Å². The highest BCUT2D eigenvalue weighted by molar-refractivity contribution is 6.23. The minimum absolute atomic E-state index is 0.155. The summed E-state index contributed by atoms with van der Waals surface area (Å²) in [7, 11) is 0. The number of ether oxygens (including phenoxy) is 1. The Bertz CT molecular complexity index is 1220. The van der Waals surface area contributed by atoms with Crippen molar-refractivity contribution in [2.45, 2.75) is 25.4 Å². The molecule has 1 unspecified atom stereocenters. The monoisotopic (exact) mass is 456 g/mol. The number of carbonyl (C=O) groups is 3. The van der Waals surface area contributed by atoms with E-state index in [1.807, 2.05) is 12.1 Å². The second-order valence-corrected chi connectivity index (χ2v) is 8.85. The number of benzene rings is 1. The van der Waals surface area contributed by atoms with Gasteiger partial charge in [-0.25, -0.2) is 4.98 Å². The fourth-order valence-electron chi connectivity index (χ4n) is 4.71. The van der Waals surface area contributed by atoms with Crippen LogP contribution < -0.4 is 10.1 Å². The third-order valence-electron chi connectivity index (χ3n) is 6.45. The number of rotatable bonds is 6. The second kappa shape index (κ2) is 8.76. The van der Waals surface area contributed by atoms with Crippen LogP contribution in [0.3, 0.4) is 0 Å². The van der Waals surface area contributed by atoms with Crippen LogP contribution in [0.25, 0.3) is 0 Å². The number of carbonyl (C=O) groups excluding carboxylic acids is 3. The summed E-state index contributed by atoms with van der Waals surface area (Å²) in [5.74, 6) is 2.31. The maximum atomic E-state index is 13.2. The number of amides is 3. The Kier molecular flexibility index (Phi) is 5.64. The molecule has 2 fully saturated rings. The molecule has 1 aromatic carbocycles. The maximum Gasteiger partial charge on any atom is 0.265 e. The van der Waals surface area contributed by atoms with Crippen LogP contribution >= 0.6 is 0 Å². The number of fused-ring (bicyclic) bond motifs is 1. The standard InChI is InChI=1S/C26H24N4O4/c1-3-19-8-7-17(11-27-19)12-29-13-18(14-29)15-34-22-6-4-5-20-24(22)26(33)30(25(20)32)21-9-10-23(31)28-16(21)2/h1,4-8,11,18,21H,2,9-10,12-15H2,(H,28,31). The average molecular weight is 457 g/mol. The highest BCUT2D eigenvalue weighted by atomic mass is 16.5. The van der Waals surface area contributed by atoms with Gasteiger partial charge in [-0.2, -0.15) is 0 Å². The lowest BCUT2D eigenvalue weighted by Crippen LogP contribution is -2.48. The first kappa shape index (κ1) is 21.9. The van der Waals surface area contributed by atoms with E-state index in [2.05, 4.69) is 27.7 Å². The predicted molar refractivity (Wildman–Crippen MR) is 124 cm³/mol. The first-order valence-corrected chi connectivity index (χ1v) is 11.2. The van der Waals surface area contributed by atoms with Crippen LogP contribution in [0.1, 0.15) is 44.8 Å². The molecule has 3 aliphatic rings. The Morgan fingerprint density at radius 3 is 2.71 bits per heavy atom. The summed E-state index contributed by atoms with van der Waals surface area (Å²) < 4.78 is 6.03. The van der Waals surface area contributed by atoms with Gasteiger partial charge in [0.2, 0.25) is 5.91 Å². The van der Waals surface area contributed by atoms with Gasteiger partial charge in [0.05, 0.1) is 23.8 Å². The molecule has 3 amide bonds. The normalized spacial score (nSPS) is 20.6. The van der Waals surface area contributed by atoms with Crippen molar-refractivity contribution >= 4 is 17.7 Å². The number of nitrogens with one attached hydrogen (secondary N) is 1. The molecule has 0 saturated carbocycles. The molecule has 1 aromatic heterocycles. The predicted octanol–water partition coefficient (Wildman–Crippen LogP) is 1.96. The minimum atomic E-state index is -0.553. The van der Waals surface area contributed by atoms with E-state index in [4.69, 9.17) is 11.2 Å². The van der Waals surface area contributed by atoms with Gasteiger partial charge in [0.15, 0.2) is 0 Å². The van der Waals surface area contributed by atoms with Crippen molar-refractivity contribution in [3.8, 4) is 18.1 Å². The third-order valence-corrected chi connectivity index (χ3v) is 6.45. The molecular weight excluding hydrogens is 432 g/mol. The summed E-state index contributed by atoms with van der Waals surface area (Å²) in [5.41, 5.74) is 2.70. The molecule has 34 heavy (non-hydrogen) atoms. The summed E-state index contributed by atoms with van der Waals surface area (Å²) in [4.78, 5) is 45.6. The molecule has 2 aromatic rings. The van der Waals surface area contributed by atoms with Crippen molar-refractivity contribution in [2.75, 3.05) is 19.7 Å². The SMILES string of the molecule is C#Cc1ccc(CN2CC(COc3cccc4c3C(=O)N(C3CCC(=O)NC3=C)C4=O)C2)cn1. The fraction of sp³-hybridized carbons (Fsp3) is 0.308. The van der Waals surface area contributed by atoms with E-state index in [0.29, 0.717) is 41.6 Å². The van der Waals surface area contributed by atoms with Crippen molar-refractivity contribution in [1.82, 2.24) is 20.1 Å². The van der Waals surface area contributed by atoms with E-state index in [1.165, 1.54) is 4.90 Å². The molecule has 0 bridgehead atoms. The topological polar surface area (TPSA) is 91.8 Å². The minimum Gasteiger partial charge on any atom is -0.492 e. The van der Waals surface area contributed by atoms with Crippen LogP contribution in [0.15, 0.2) is 48.8 Å². The number of pyridine rings is 1. The second-order valence-electron chi connectivity index (χ2n) is 8.85. The first-order valence-electron chi connectivity index (χ1n) is 11.2. The van der Waals surface area contributed by atoms with E-state index < -0.39 is 11.9 Å². The van der Waals surface area contributed by atoms with Gasteiger partial charge in [0.25, 0.3) is 11.8 Å². The van der Waals surface area contributed by atoms with Crippen molar-refractivity contribution in [3.63, 3.8) is 0 Å². The summed E-state index contributed by atoms with van der Waals surface area (Å²) in [5, 5.41) is 2.64. The molecule has 2 saturated heterocycles. The van der Waals surface area contributed by atoms with Crippen molar-refractivity contribution in [1.29, 1.82) is 0 Å². The molecule has 5 rings (SSSR count). The van der Waals surface area contributed by atoms with Gasteiger partial charge in [-0.3, -0.25) is 24.2 Å². The van der Waals surface area contributed by atoms with Gasteiger partial charge < -0.3 is 10.1 Å². The molecule has 172 valence electrons. The molecule has 0 spiro atoms. The van der Waals surface area contributed by atoms with Crippen LogP contribution in [-0.4, -0.2) is 58.2 Å². The zero-order chi connectivity index (χ0) is 23.8. The van der Waals surface area contributed by atoms with Gasteiger partial charge in [-0.1, -0.05) is 24.6 Å². The lowest BCUT2D eigenvalue weighted by molar-refractivity contribution is -0.121. The highest BCUT2D eigenvalue weighted by Gasteiger charge is 2.44. The van der Waals surface area contributed by atoms with Crippen LogP contribution in [0, 0.1) is 18.3 Å². The number of piperidine rings is 1. The summed E-state index contributed by atoms with van der Waals surface area (Å²) >= 11 is 0. The Balaban J connectivity index is 1.20. The van der Waals surface area contributed by atoms with Gasteiger partial charge in [-0.05, 0) is 30.2 Å². The van der Waals surface area contributed by atoms with Crippen molar-refractivity contribution < 1.29 is 19.1 Å². The number of hydrogen-bond donors (Lipinski definition) is 1. The Morgan fingerprint density at radius 2 is 2.00 bits per heavy atom. The molecule has 0 aliphatic carbocycles. The number of terminal acetylenes is 1. The molecule has 3 aliphatic heterocycles. The zero-order valence-corrected chi connectivity index (χ0v) is 18.6. The van der Waals surface area contributed by atoms with Crippen molar-refractivity contribution in [2.24, 2.45) is 5.92 Å². The quantitative estimate of drug-likeness (QED) is 0.528. The maximum absolute atomic E-state index is 13.2. The smallest absolute Gasteiger partial charge is 0.265 e. The lowest BCUT2D eigenvalue weighted by atomic mass is 10.0. The summed E-state index contributed by atoms with van der Waals surface area (Å²) in [6, 6.07) is 8.35. The first-order chi connectivity index (χ1) is 16.4. The van der Waals surface area contributed by atoms with Gasteiger partial charge in [-0.15, -0.1) is 6.42 Å². The van der Waals surface area contributed by atoms with E-state index >= 15 is 0 Å². The Morgan fingerprint density at radius 1 is 1.18 bits per heavy atom. The molecule has 1 N–H and O–H groups in total. The molecule has 4 heterocycles. The van der Waals surface area contributed by atoms with Gasteiger partial charge in [0, 0.05) is 43.9 Å². The highest BCUT2D eigenvalue weighted by Crippen LogP contribution is 2.35. The van der Waals surface area contributed by atoms with E-state index in [-0.39, 0.29) is 23.8 Å². The summed E-state index contributed by atoms with van der Waals surface area (Å²) in [6.07, 6.45) is 7.75. The van der Waals surface area contributed by atoms with Crippen LogP contribution in [0.4, 0.5) is 0 Å². The van der Waals surface area contributed by atoms with E-state index in [0.717, 1.165) is 25.2 Å². The molecule has 1 atom stereocenters. The summed E-state index contributed by atoms with van der Waals surface area (Å²) in [6.45, 7) is 6.82. The number of aromatic nitrogens is 1. The van der Waals surface area contributed by atoms with Crippen LogP contribution in [0.2, 0.25) is 0 Å². The lowest BCUT2D eigenvalue weighted by Gasteiger charge is -2.39. The van der Waals surface area contributed by atoms with Gasteiger partial charge in [0.1, 0.15) is 11.4 Å². The Labute approximate surface area is 197 Å². The van der Waals surface area contributed by atoms with Crippen LogP contribution in [-0.2, 0) is 11.3 Å². The Hall–Kier alpha value is -3.96. The fourth-order valence-corrected chi connectivity index (χ4v) is 4.71. The number of nitrogens with zero attached hydrogens (tertiary/aromatic N) is 3. The number of imide groups is 1. The largest absolute Gasteiger partial charge is 0.492 e. The van der Waals surface area contributed by atoms with Crippen molar-refractivity contribution in [3.05, 3.63) is 71.2 Å². The third kappa shape index (κ3) is 3.95. The average Bonchev–Trinajstić information content (AvgIpc) is 3.06. The van der Waals surface area contributed by atoms with E-state index in [9.17, 15) is 14.4 Å². The molecule has 8 nitrogen and oxygen atoms in total.